The highest BCUT2D eigenvalue weighted by Gasteiger charge is 2.19. The van der Waals surface area contributed by atoms with Crippen LogP contribution in [0.25, 0.3) is 0 Å². The normalized spacial score (nSPS) is 12.3. The Hall–Kier alpha value is -0.880. The van der Waals surface area contributed by atoms with Gasteiger partial charge in [-0.15, -0.1) is 0 Å². The smallest absolute Gasteiger partial charge is 0.240 e. The van der Waals surface area contributed by atoms with E-state index in [1.807, 2.05) is 13.8 Å². The first-order chi connectivity index (χ1) is 5.49. The van der Waals surface area contributed by atoms with Crippen molar-refractivity contribution in [2.75, 3.05) is 0 Å². The van der Waals surface area contributed by atoms with Crippen molar-refractivity contribution in [2.45, 2.75) is 19.9 Å². The van der Waals surface area contributed by atoms with E-state index in [0.29, 0.717) is 0 Å². The van der Waals surface area contributed by atoms with Crippen molar-refractivity contribution < 1.29 is 4.79 Å². The number of thiocarbonyl (C=S) groups is 1. The van der Waals surface area contributed by atoms with Gasteiger partial charge in [0, 0.05) is 0 Å². The van der Waals surface area contributed by atoms with E-state index in [-0.39, 0.29) is 11.0 Å². The summed E-state index contributed by atoms with van der Waals surface area (Å²) < 4.78 is 0. The molecule has 1 unspecified atom stereocenters. The molecule has 6 N–H and O–H groups in total. The number of hydrazine groups is 1. The first kappa shape index (κ1) is 11.1. The molecule has 6 heteroatoms. The average Bonchev–Trinajstić information content (AvgIpc) is 1.98. The van der Waals surface area contributed by atoms with Crippen LogP contribution in [-0.2, 0) is 4.79 Å². The number of hydrogen-bond donors (Lipinski definition) is 4. The van der Waals surface area contributed by atoms with Gasteiger partial charge in [-0.25, -0.2) is 5.84 Å². The van der Waals surface area contributed by atoms with Gasteiger partial charge in [0.25, 0.3) is 0 Å². The third-order valence-electron chi connectivity index (χ3n) is 1.39. The van der Waals surface area contributed by atoms with Crippen LogP contribution in [0.3, 0.4) is 0 Å². The minimum absolute atomic E-state index is 0.0776. The Balaban J connectivity index is 4.14. The Bertz CT molecular complexity index is 182. The molecule has 0 heterocycles. The minimum Gasteiger partial charge on any atom is -0.368 e. The average molecular weight is 190 g/mol. The van der Waals surface area contributed by atoms with E-state index in [4.69, 9.17) is 23.8 Å². The lowest BCUT2D eigenvalue weighted by molar-refractivity contribution is -0.120. The summed E-state index contributed by atoms with van der Waals surface area (Å²) in [5.41, 5.74) is 7.33. The van der Waals surface area contributed by atoms with Crippen LogP contribution < -0.4 is 22.3 Å². The van der Waals surface area contributed by atoms with Gasteiger partial charge >= 0.3 is 0 Å². The molecule has 1 amide bonds. The molecule has 0 spiro atoms. The zero-order valence-corrected chi connectivity index (χ0v) is 7.94. The lowest BCUT2D eigenvalue weighted by Gasteiger charge is -2.19. The second-order valence-corrected chi connectivity index (χ2v) is 3.15. The zero-order valence-electron chi connectivity index (χ0n) is 7.13. The summed E-state index contributed by atoms with van der Waals surface area (Å²) >= 11 is 4.72. The molecule has 0 aliphatic carbocycles. The molecule has 0 radical (unpaired) electrons. The summed E-state index contributed by atoms with van der Waals surface area (Å²) in [6.07, 6.45) is 0. The SMILES string of the molecule is CC(C)C(NC(=S)NN)C(N)=O. The molecule has 0 saturated heterocycles. The van der Waals surface area contributed by atoms with E-state index in [2.05, 4.69) is 10.7 Å². The molecule has 0 aromatic carbocycles. The van der Waals surface area contributed by atoms with Crippen molar-refractivity contribution in [2.24, 2.45) is 17.5 Å². The lowest BCUT2D eigenvalue weighted by atomic mass is 10.0. The summed E-state index contributed by atoms with van der Waals surface area (Å²) in [6, 6.07) is -0.478. The summed E-state index contributed by atoms with van der Waals surface area (Å²) in [4.78, 5) is 10.8. The fourth-order valence-corrected chi connectivity index (χ4v) is 0.876. The number of nitrogens with two attached hydrogens (primary N) is 2. The predicted octanol–water partition coefficient (Wildman–Crippen LogP) is -1.17. The summed E-state index contributed by atoms with van der Waals surface area (Å²) in [6.45, 7) is 3.73. The van der Waals surface area contributed by atoms with E-state index < -0.39 is 11.9 Å². The Kier molecular flexibility index (Phi) is 4.53. The molecule has 0 aromatic rings. The molecular weight excluding hydrogens is 176 g/mol. The maximum Gasteiger partial charge on any atom is 0.240 e. The zero-order chi connectivity index (χ0) is 9.72. The number of carbonyl (C=O) groups excluding carboxylic acids is 1. The van der Waals surface area contributed by atoms with Crippen LogP contribution in [-0.4, -0.2) is 17.1 Å². The van der Waals surface area contributed by atoms with Crippen LogP contribution in [0.2, 0.25) is 0 Å². The van der Waals surface area contributed by atoms with E-state index in [1.54, 1.807) is 0 Å². The first-order valence-electron chi connectivity index (χ1n) is 3.55. The van der Waals surface area contributed by atoms with Gasteiger partial charge < -0.3 is 16.5 Å². The van der Waals surface area contributed by atoms with Crippen LogP contribution in [0.5, 0.6) is 0 Å². The second-order valence-electron chi connectivity index (χ2n) is 2.74. The van der Waals surface area contributed by atoms with Crippen molar-refractivity contribution in [1.82, 2.24) is 10.7 Å². The van der Waals surface area contributed by atoms with E-state index in [1.165, 1.54) is 0 Å². The number of rotatable bonds is 3. The van der Waals surface area contributed by atoms with E-state index in [0.717, 1.165) is 0 Å². The monoisotopic (exact) mass is 190 g/mol. The number of hydrogen-bond acceptors (Lipinski definition) is 3. The summed E-state index contributed by atoms with van der Waals surface area (Å²) in [5.74, 6) is 4.65. The second kappa shape index (κ2) is 4.89. The van der Waals surface area contributed by atoms with Crippen molar-refractivity contribution >= 4 is 23.2 Å². The van der Waals surface area contributed by atoms with Gasteiger partial charge in [0.2, 0.25) is 5.91 Å². The van der Waals surface area contributed by atoms with E-state index >= 15 is 0 Å². The molecule has 70 valence electrons. The summed E-state index contributed by atoms with van der Waals surface area (Å²) in [5, 5.41) is 2.90. The molecule has 0 fully saturated rings. The van der Waals surface area contributed by atoms with Gasteiger partial charge in [0.15, 0.2) is 5.11 Å². The number of primary amides is 1. The van der Waals surface area contributed by atoms with Crippen molar-refractivity contribution in [1.29, 1.82) is 0 Å². The molecule has 12 heavy (non-hydrogen) atoms. The Morgan fingerprint density at radius 1 is 1.50 bits per heavy atom. The largest absolute Gasteiger partial charge is 0.368 e. The highest BCUT2D eigenvalue weighted by atomic mass is 32.1. The molecule has 0 aliphatic heterocycles. The molecule has 0 bridgehead atoms. The highest BCUT2D eigenvalue weighted by Crippen LogP contribution is 1.99. The van der Waals surface area contributed by atoms with E-state index in [9.17, 15) is 4.79 Å². The third kappa shape index (κ3) is 3.49. The molecule has 0 saturated carbocycles. The third-order valence-corrected chi connectivity index (χ3v) is 1.63. The molecular formula is C6H14N4OS. The standard InChI is InChI=1S/C6H14N4OS/c1-3(2)4(5(7)11)9-6(12)10-8/h3-4H,8H2,1-2H3,(H2,7,11)(H2,9,10,12). The Morgan fingerprint density at radius 3 is 2.25 bits per heavy atom. The lowest BCUT2D eigenvalue weighted by Crippen LogP contribution is -2.52. The van der Waals surface area contributed by atoms with Crippen LogP contribution in [0.1, 0.15) is 13.8 Å². The quantitative estimate of drug-likeness (QED) is 0.256. The van der Waals surface area contributed by atoms with Gasteiger partial charge in [-0.3, -0.25) is 4.79 Å². The molecule has 0 aliphatic rings. The van der Waals surface area contributed by atoms with Gasteiger partial charge in [-0.2, -0.15) is 0 Å². The van der Waals surface area contributed by atoms with Crippen LogP contribution in [0.15, 0.2) is 0 Å². The molecule has 0 rings (SSSR count). The fourth-order valence-electron chi connectivity index (χ4n) is 0.749. The van der Waals surface area contributed by atoms with Crippen LogP contribution in [0.4, 0.5) is 0 Å². The molecule has 0 aromatic heterocycles. The van der Waals surface area contributed by atoms with Crippen molar-refractivity contribution in [3.8, 4) is 0 Å². The van der Waals surface area contributed by atoms with Crippen molar-refractivity contribution in [3.05, 3.63) is 0 Å². The number of nitrogens with one attached hydrogen (secondary N) is 2. The van der Waals surface area contributed by atoms with Gasteiger partial charge in [-0.1, -0.05) is 13.8 Å². The first-order valence-corrected chi connectivity index (χ1v) is 3.96. The Labute approximate surface area is 76.8 Å². The maximum absolute atomic E-state index is 10.8. The van der Waals surface area contributed by atoms with Crippen molar-refractivity contribution in [3.63, 3.8) is 0 Å². The highest BCUT2D eigenvalue weighted by molar-refractivity contribution is 7.80. The topological polar surface area (TPSA) is 93.2 Å². The van der Waals surface area contributed by atoms with Crippen LogP contribution in [0, 0.1) is 5.92 Å². The predicted molar refractivity (Wildman–Crippen MR) is 50.9 cm³/mol. The minimum atomic E-state index is -0.478. The number of carbonyl (C=O) groups is 1. The van der Waals surface area contributed by atoms with Crippen LogP contribution >= 0.6 is 12.2 Å². The molecule has 1 atom stereocenters. The summed E-state index contributed by atoms with van der Waals surface area (Å²) in [7, 11) is 0. The number of amides is 1. The maximum atomic E-state index is 10.8. The van der Waals surface area contributed by atoms with Gasteiger partial charge in [0.1, 0.15) is 6.04 Å². The van der Waals surface area contributed by atoms with Gasteiger partial charge in [0.05, 0.1) is 0 Å². The Morgan fingerprint density at radius 2 is 2.00 bits per heavy atom. The molecule has 5 nitrogen and oxygen atoms in total. The fraction of sp³-hybridized carbons (Fsp3) is 0.667. The van der Waals surface area contributed by atoms with Gasteiger partial charge in [-0.05, 0) is 18.1 Å².